The normalized spacial score (nSPS) is 10.5. The summed E-state index contributed by atoms with van der Waals surface area (Å²) in [4.78, 5) is 0. The van der Waals surface area contributed by atoms with E-state index >= 15 is 0 Å². The van der Waals surface area contributed by atoms with Crippen molar-refractivity contribution in [3.8, 4) is 0 Å². The molecule has 2 rings (SSSR count). The Labute approximate surface area is 89.2 Å². The molecule has 2 nitrogen and oxygen atoms in total. The molecule has 2 N–H and O–H groups in total. The standard InChI is InChI=1S/C13H13NO/c15-14-13(11-7-3-1-4-8-11)12-9-5-2-6-10-12/h1-10,13-15H. The van der Waals surface area contributed by atoms with Crippen LogP contribution >= 0.6 is 0 Å². The average Bonchev–Trinajstić information content (AvgIpc) is 2.33. The Kier molecular flexibility index (Phi) is 3.12. The molecule has 0 spiro atoms. The van der Waals surface area contributed by atoms with E-state index in [0.29, 0.717) is 0 Å². The number of rotatable bonds is 3. The van der Waals surface area contributed by atoms with Crippen LogP contribution in [0.5, 0.6) is 0 Å². The van der Waals surface area contributed by atoms with Crippen LogP contribution in [-0.4, -0.2) is 5.21 Å². The summed E-state index contributed by atoms with van der Waals surface area (Å²) in [6.45, 7) is 0. The van der Waals surface area contributed by atoms with Gasteiger partial charge in [0.15, 0.2) is 0 Å². The lowest BCUT2D eigenvalue weighted by atomic mass is 10.00. The molecule has 0 atom stereocenters. The van der Waals surface area contributed by atoms with Crippen molar-refractivity contribution < 1.29 is 5.21 Å². The summed E-state index contributed by atoms with van der Waals surface area (Å²) in [5.41, 5.74) is 4.43. The summed E-state index contributed by atoms with van der Waals surface area (Å²) in [5.74, 6) is 0. The van der Waals surface area contributed by atoms with Gasteiger partial charge in [0.25, 0.3) is 0 Å². The van der Waals surface area contributed by atoms with Crippen LogP contribution < -0.4 is 5.48 Å². The molecule has 0 amide bonds. The van der Waals surface area contributed by atoms with E-state index in [-0.39, 0.29) is 6.04 Å². The van der Waals surface area contributed by atoms with Crippen LogP contribution in [0, 0.1) is 0 Å². The third kappa shape index (κ3) is 2.24. The molecule has 15 heavy (non-hydrogen) atoms. The summed E-state index contributed by atoms with van der Waals surface area (Å²) in [5, 5.41) is 9.18. The zero-order chi connectivity index (χ0) is 10.5. The van der Waals surface area contributed by atoms with Crippen molar-refractivity contribution in [2.24, 2.45) is 0 Å². The first kappa shape index (κ1) is 9.90. The maximum atomic E-state index is 9.18. The second kappa shape index (κ2) is 4.73. The fourth-order valence-electron chi connectivity index (χ4n) is 1.63. The van der Waals surface area contributed by atoms with Crippen molar-refractivity contribution >= 4 is 0 Å². The Morgan fingerprint density at radius 3 is 1.47 bits per heavy atom. The molecule has 0 radical (unpaired) electrons. The summed E-state index contributed by atoms with van der Waals surface area (Å²) in [7, 11) is 0. The minimum atomic E-state index is -0.160. The molecule has 0 saturated carbocycles. The molecule has 2 heteroatoms. The van der Waals surface area contributed by atoms with Gasteiger partial charge in [0, 0.05) is 0 Å². The first-order valence-electron chi connectivity index (χ1n) is 4.91. The van der Waals surface area contributed by atoms with Gasteiger partial charge in [-0.3, -0.25) is 0 Å². The van der Waals surface area contributed by atoms with Gasteiger partial charge in [-0.25, -0.2) is 0 Å². The van der Waals surface area contributed by atoms with Gasteiger partial charge in [0.2, 0.25) is 0 Å². The Morgan fingerprint density at radius 2 is 1.13 bits per heavy atom. The quantitative estimate of drug-likeness (QED) is 0.745. The zero-order valence-electron chi connectivity index (χ0n) is 8.30. The number of hydroxylamine groups is 1. The number of hydrogen-bond acceptors (Lipinski definition) is 2. The molecular weight excluding hydrogens is 186 g/mol. The highest BCUT2D eigenvalue weighted by atomic mass is 16.5. The van der Waals surface area contributed by atoms with Crippen molar-refractivity contribution in [1.29, 1.82) is 0 Å². The minimum absolute atomic E-state index is 0.160. The first-order valence-corrected chi connectivity index (χ1v) is 4.91. The second-order valence-electron chi connectivity index (χ2n) is 3.38. The Hall–Kier alpha value is -1.64. The molecule has 2 aromatic rings. The predicted molar refractivity (Wildman–Crippen MR) is 59.6 cm³/mol. The fraction of sp³-hybridized carbons (Fsp3) is 0.0769. The summed E-state index contributed by atoms with van der Waals surface area (Å²) in [6, 6.07) is 19.6. The Morgan fingerprint density at radius 1 is 0.733 bits per heavy atom. The first-order chi connectivity index (χ1) is 7.42. The number of benzene rings is 2. The lowest BCUT2D eigenvalue weighted by molar-refractivity contribution is 0.141. The molecule has 0 aliphatic carbocycles. The van der Waals surface area contributed by atoms with Crippen molar-refractivity contribution in [3.05, 3.63) is 71.8 Å². The Bertz CT molecular complexity index is 360. The van der Waals surface area contributed by atoms with Crippen molar-refractivity contribution in [2.45, 2.75) is 6.04 Å². The molecule has 0 saturated heterocycles. The third-order valence-corrected chi connectivity index (χ3v) is 2.39. The molecule has 0 fully saturated rings. The van der Waals surface area contributed by atoms with Gasteiger partial charge in [-0.2, -0.15) is 5.48 Å². The average molecular weight is 199 g/mol. The van der Waals surface area contributed by atoms with E-state index in [2.05, 4.69) is 5.48 Å². The van der Waals surface area contributed by atoms with Gasteiger partial charge in [0.05, 0.1) is 6.04 Å². The van der Waals surface area contributed by atoms with Crippen molar-refractivity contribution in [2.75, 3.05) is 0 Å². The molecule has 0 aliphatic heterocycles. The van der Waals surface area contributed by atoms with E-state index in [4.69, 9.17) is 0 Å². The predicted octanol–water partition coefficient (Wildman–Crippen LogP) is 2.75. The van der Waals surface area contributed by atoms with Crippen LogP contribution in [-0.2, 0) is 0 Å². The van der Waals surface area contributed by atoms with Gasteiger partial charge in [-0.05, 0) is 11.1 Å². The van der Waals surface area contributed by atoms with E-state index in [1.54, 1.807) is 0 Å². The Balaban J connectivity index is 2.34. The summed E-state index contributed by atoms with van der Waals surface area (Å²) >= 11 is 0. The van der Waals surface area contributed by atoms with Crippen molar-refractivity contribution in [3.63, 3.8) is 0 Å². The van der Waals surface area contributed by atoms with Gasteiger partial charge in [0.1, 0.15) is 0 Å². The molecule has 0 unspecified atom stereocenters. The SMILES string of the molecule is ONC(c1ccccc1)c1ccccc1. The largest absolute Gasteiger partial charge is 0.316 e. The van der Waals surface area contributed by atoms with Gasteiger partial charge >= 0.3 is 0 Å². The molecule has 0 aromatic heterocycles. The maximum absolute atomic E-state index is 9.18. The summed E-state index contributed by atoms with van der Waals surface area (Å²) in [6.07, 6.45) is 0. The van der Waals surface area contributed by atoms with E-state index < -0.39 is 0 Å². The van der Waals surface area contributed by atoms with Crippen LogP contribution in [0.4, 0.5) is 0 Å². The monoisotopic (exact) mass is 199 g/mol. The van der Waals surface area contributed by atoms with Crippen LogP contribution in [0.15, 0.2) is 60.7 Å². The molecule has 0 bridgehead atoms. The number of nitrogens with one attached hydrogen (secondary N) is 1. The molecule has 76 valence electrons. The highest BCUT2D eigenvalue weighted by Gasteiger charge is 2.11. The fourth-order valence-corrected chi connectivity index (χ4v) is 1.63. The van der Waals surface area contributed by atoms with E-state index in [1.807, 2.05) is 60.7 Å². The molecular formula is C13H13NO. The van der Waals surface area contributed by atoms with Gasteiger partial charge < -0.3 is 5.21 Å². The van der Waals surface area contributed by atoms with Crippen LogP contribution in [0.1, 0.15) is 17.2 Å². The van der Waals surface area contributed by atoms with E-state index in [1.165, 1.54) is 0 Å². The lowest BCUT2D eigenvalue weighted by Gasteiger charge is -2.15. The van der Waals surface area contributed by atoms with Crippen LogP contribution in [0.3, 0.4) is 0 Å². The molecule has 2 aromatic carbocycles. The van der Waals surface area contributed by atoms with E-state index in [0.717, 1.165) is 11.1 Å². The maximum Gasteiger partial charge on any atom is 0.0819 e. The van der Waals surface area contributed by atoms with Gasteiger partial charge in [-0.15, -0.1) is 0 Å². The lowest BCUT2D eigenvalue weighted by Crippen LogP contribution is -2.17. The van der Waals surface area contributed by atoms with Crippen LogP contribution in [0.25, 0.3) is 0 Å². The summed E-state index contributed by atoms with van der Waals surface area (Å²) < 4.78 is 0. The van der Waals surface area contributed by atoms with Gasteiger partial charge in [-0.1, -0.05) is 60.7 Å². The molecule has 0 aliphatic rings. The van der Waals surface area contributed by atoms with Crippen molar-refractivity contribution in [1.82, 2.24) is 5.48 Å². The van der Waals surface area contributed by atoms with E-state index in [9.17, 15) is 5.21 Å². The zero-order valence-corrected chi connectivity index (χ0v) is 8.30. The highest BCUT2D eigenvalue weighted by molar-refractivity contribution is 5.30. The minimum Gasteiger partial charge on any atom is -0.316 e. The molecule has 0 heterocycles. The smallest absolute Gasteiger partial charge is 0.0819 e. The highest BCUT2D eigenvalue weighted by Crippen LogP contribution is 2.20. The van der Waals surface area contributed by atoms with Crippen LogP contribution in [0.2, 0.25) is 0 Å². The third-order valence-electron chi connectivity index (χ3n) is 2.39. The number of hydrogen-bond donors (Lipinski definition) is 2. The second-order valence-corrected chi connectivity index (χ2v) is 3.38. The topological polar surface area (TPSA) is 32.3 Å².